The van der Waals surface area contributed by atoms with Crippen LogP contribution in [-0.4, -0.2) is 4.70 Å². The Morgan fingerprint density at radius 3 is 0.690 bits per heavy atom. The summed E-state index contributed by atoms with van der Waals surface area (Å²) in [5.74, 6) is 0. The number of aryl methyl sites for hydroxylation is 2. The van der Waals surface area contributed by atoms with Crippen molar-refractivity contribution in [3.05, 3.63) is 87.5 Å². The summed E-state index contributed by atoms with van der Waals surface area (Å²) in [7, 11) is 0. The van der Waals surface area contributed by atoms with Gasteiger partial charge in [0.25, 0.3) is 0 Å². The van der Waals surface area contributed by atoms with Gasteiger partial charge in [0.15, 0.2) is 0 Å². The molecule has 2 nitrogen and oxygen atoms in total. The van der Waals surface area contributed by atoms with Crippen LogP contribution in [0.4, 0.5) is 0 Å². The molecular formula is C97H176N2Ni. The third kappa shape index (κ3) is 56.4. The molecule has 0 saturated carbocycles. The minimum absolute atomic E-state index is 0.976. The van der Waals surface area contributed by atoms with Crippen molar-refractivity contribution in [2.75, 3.05) is 0 Å². The second-order valence-corrected chi connectivity index (χ2v) is 33.7. The summed E-state index contributed by atoms with van der Waals surface area (Å²) < 4.78 is 1.55. The van der Waals surface area contributed by atoms with E-state index >= 15 is 0 Å². The standard InChI is InChI=1S/C59H98N2.2C19H39.Ni/c1-5-8-11-13-15-17-19-21-23-25-27-29-31-33-35-37-39-43-53-45-41-47-55(50-53)58-52(4)57(49-10-7-3)59(61(58)60)56-48-42-46-54(51-56)44-40-38-36-34-32-30-28-26-24-22-20-18-16-14-12-9-6-2;2*1-3-5-7-9-11-13-15-17-19-18-16-14-12-10-8-6-4-2;/h41-42,45-48,50-51H,5-40,43-44,49H2,1-4H3;2*1,3-19H2,2H3;. The molecule has 2 aromatic rings. The SMILES string of the molecule is CCCCCCCCCCCCCCCCCCCc1cccc(C2=C(C)C(CCCC)=C(c3cccc(CCCCCCCCCCCCCCCCCCC)c3)[N+]2=[N-])c1.CCCCCCCCCCCCCCCCCC[CH2][Ni][CH2]CCCCCCCCCCCCCCCCCC. The molecule has 1 aliphatic heterocycles. The zero-order chi connectivity index (χ0) is 71.6. The van der Waals surface area contributed by atoms with E-state index < -0.39 is 0 Å². The topological polar surface area (TPSA) is 25.3 Å². The summed E-state index contributed by atoms with van der Waals surface area (Å²) in [5.41, 5.74) is 21.6. The quantitative estimate of drug-likeness (QED) is 0.0358. The van der Waals surface area contributed by atoms with Gasteiger partial charge in [-0.05, 0) is 80.8 Å². The van der Waals surface area contributed by atoms with Gasteiger partial charge in [0.2, 0.25) is 11.4 Å². The summed E-state index contributed by atoms with van der Waals surface area (Å²) in [5, 5.41) is 2.87. The summed E-state index contributed by atoms with van der Waals surface area (Å²) >= 11 is 2.05. The average molecular weight is 1430 g/mol. The Morgan fingerprint density at radius 1 is 0.240 bits per heavy atom. The summed E-state index contributed by atoms with van der Waals surface area (Å²) in [6, 6.07) is 18.1. The van der Waals surface area contributed by atoms with Crippen molar-refractivity contribution in [2.24, 2.45) is 0 Å². The fraction of sp³-hybridized carbons (Fsp3) is 0.835. The number of rotatable bonds is 77. The van der Waals surface area contributed by atoms with Gasteiger partial charge in [-0.1, -0.05) is 348 Å². The first-order valence-electron chi connectivity index (χ1n) is 46.1. The summed E-state index contributed by atoms with van der Waals surface area (Å²) in [6.45, 7) is 13.7. The van der Waals surface area contributed by atoms with E-state index in [9.17, 15) is 5.53 Å². The molecule has 0 bridgehead atoms. The van der Waals surface area contributed by atoms with Gasteiger partial charge in [-0.25, -0.2) is 4.70 Å². The van der Waals surface area contributed by atoms with Gasteiger partial charge >= 0.3 is 166 Å². The number of hydrogen-bond donors (Lipinski definition) is 0. The van der Waals surface area contributed by atoms with E-state index in [1.807, 2.05) is 14.4 Å². The van der Waals surface area contributed by atoms with Gasteiger partial charge in [-0.2, -0.15) is 0 Å². The van der Waals surface area contributed by atoms with Crippen molar-refractivity contribution in [1.29, 1.82) is 0 Å². The number of benzene rings is 2. The second kappa shape index (κ2) is 75.3. The zero-order valence-electron chi connectivity index (χ0n) is 68.9. The van der Waals surface area contributed by atoms with Crippen LogP contribution in [0.25, 0.3) is 16.9 Å². The zero-order valence-corrected chi connectivity index (χ0v) is 69.9. The fourth-order valence-corrected chi connectivity index (χ4v) is 16.9. The molecule has 0 N–H and O–H groups in total. The van der Waals surface area contributed by atoms with Crippen LogP contribution in [0.2, 0.25) is 10.8 Å². The molecule has 1 aliphatic rings. The molecule has 0 aromatic heterocycles. The van der Waals surface area contributed by atoms with Crippen molar-refractivity contribution < 1.29 is 19.1 Å². The van der Waals surface area contributed by atoms with Crippen LogP contribution in [0.5, 0.6) is 0 Å². The Kier molecular flexibility index (Phi) is 70.8. The molecule has 1 heterocycles. The van der Waals surface area contributed by atoms with Gasteiger partial charge in [0, 0.05) is 22.3 Å². The molecule has 0 amide bonds. The summed E-state index contributed by atoms with van der Waals surface area (Å²) in [4.78, 5) is 0. The van der Waals surface area contributed by atoms with Crippen molar-refractivity contribution in [3.63, 3.8) is 0 Å². The van der Waals surface area contributed by atoms with Crippen LogP contribution in [0.15, 0.2) is 59.7 Å². The minimum Gasteiger partial charge on any atom is -0.0654 e. The maximum atomic E-state index is 12.0. The molecule has 0 unspecified atom stereocenters. The molecule has 584 valence electrons. The van der Waals surface area contributed by atoms with Gasteiger partial charge in [-0.15, -0.1) is 0 Å². The van der Waals surface area contributed by atoms with Gasteiger partial charge < -0.3 is 5.53 Å². The Hall–Kier alpha value is -1.99. The number of nitrogens with zero attached hydrogens (tertiary/aromatic N) is 2. The first-order chi connectivity index (χ1) is 49.5. The minimum atomic E-state index is 0.976. The number of unbranched alkanes of at least 4 members (excludes halogenated alkanes) is 65. The van der Waals surface area contributed by atoms with Crippen molar-refractivity contribution in [3.8, 4) is 0 Å². The summed E-state index contributed by atoms with van der Waals surface area (Å²) in [6.07, 6.45) is 104. The molecule has 0 fully saturated rings. The smallest absolute Gasteiger partial charge is 0.0654 e. The van der Waals surface area contributed by atoms with E-state index in [0.717, 1.165) is 54.6 Å². The molecular weight excluding hydrogens is 1250 g/mol. The average Bonchev–Trinajstić information content (AvgIpc) is 1.61. The molecule has 2 aromatic carbocycles. The maximum absolute atomic E-state index is 12.0. The van der Waals surface area contributed by atoms with Crippen LogP contribution in [0.1, 0.15) is 520 Å². The monoisotopic (exact) mass is 1430 g/mol. The first-order valence-corrected chi connectivity index (χ1v) is 47.5. The normalized spacial score (nSPS) is 12.5. The Labute approximate surface area is 635 Å². The van der Waals surface area contributed by atoms with E-state index in [1.54, 1.807) is 4.70 Å². The Bertz CT molecular complexity index is 2060. The van der Waals surface area contributed by atoms with Crippen molar-refractivity contribution >= 4 is 11.4 Å². The van der Waals surface area contributed by atoms with Gasteiger partial charge in [-0.3, -0.25) is 0 Å². The third-order valence-corrected chi connectivity index (χ3v) is 23.9. The molecule has 0 radical (unpaired) electrons. The van der Waals surface area contributed by atoms with E-state index in [4.69, 9.17) is 0 Å². The van der Waals surface area contributed by atoms with Crippen molar-refractivity contribution in [1.82, 2.24) is 0 Å². The number of allylic oxidation sites excluding steroid dienone is 2. The van der Waals surface area contributed by atoms with Gasteiger partial charge in [0.1, 0.15) is 0 Å². The first kappa shape index (κ1) is 94.1. The van der Waals surface area contributed by atoms with E-state index in [0.29, 0.717) is 0 Å². The van der Waals surface area contributed by atoms with E-state index in [-0.39, 0.29) is 0 Å². The van der Waals surface area contributed by atoms with E-state index in [1.165, 1.54) is 470 Å². The third-order valence-electron chi connectivity index (χ3n) is 22.5. The predicted octanol–water partition coefficient (Wildman–Crippen LogP) is 35.7. The van der Waals surface area contributed by atoms with E-state index in [2.05, 4.69) is 90.1 Å². The van der Waals surface area contributed by atoms with Crippen LogP contribution in [0.3, 0.4) is 0 Å². The fourth-order valence-electron chi connectivity index (χ4n) is 15.7. The molecule has 0 aliphatic carbocycles. The Morgan fingerprint density at radius 2 is 0.450 bits per heavy atom. The molecule has 100 heavy (non-hydrogen) atoms. The van der Waals surface area contributed by atoms with Crippen LogP contribution >= 0.6 is 0 Å². The van der Waals surface area contributed by atoms with Crippen LogP contribution in [0, 0.1) is 0 Å². The van der Waals surface area contributed by atoms with Gasteiger partial charge in [0.05, 0.1) is 0 Å². The van der Waals surface area contributed by atoms with Crippen LogP contribution < -0.4 is 0 Å². The van der Waals surface area contributed by atoms with Crippen LogP contribution in [-0.2, 0) is 27.3 Å². The molecule has 0 atom stereocenters. The van der Waals surface area contributed by atoms with Crippen molar-refractivity contribution in [2.45, 2.75) is 521 Å². The molecule has 0 spiro atoms. The molecule has 0 saturated heterocycles. The molecule has 3 rings (SSSR count). The molecule has 3 heteroatoms. The second-order valence-electron chi connectivity index (χ2n) is 32.2. The predicted molar refractivity (Wildman–Crippen MR) is 449 cm³/mol. The Balaban J connectivity index is 0.000000754. The number of hydrogen-bond acceptors (Lipinski definition) is 0.